The first-order valence-corrected chi connectivity index (χ1v) is 8.78. The number of amides is 2. The molecule has 0 fully saturated rings. The summed E-state index contributed by atoms with van der Waals surface area (Å²) in [7, 11) is 0. The maximum absolute atomic E-state index is 12.0. The second-order valence-electron chi connectivity index (χ2n) is 6.52. The molecule has 8 nitrogen and oxygen atoms in total. The van der Waals surface area contributed by atoms with Crippen molar-refractivity contribution in [2.45, 2.75) is 19.1 Å². The summed E-state index contributed by atoms with van der Waals surface area (Å²) in [5.74, 6) is 0. The Morgan fingerprint density at radius 3 is 2.67 bits per heavy atom. The molecule has 8 heteroatoms. The van der Waals surface area contributed by atoms with Crippen molar-refractivity contribution in [3.63, 3.8) is 0 Å². The first-order chi connectivity index (χ1) is 13.0. The summed E-state index contributed by atoms with van der Waals surface area (Å²) in [6.07, 6.45) is 0.209. The maximum atomic E-state index is 12.0. The molecule has 3 rings (SSSR count). The zero-order valence-electron chi connectivity index (χ0n) is 14.8. The Morgan fingerprint density at radius 1 is 1.19 bits per heavy atom. The number of nitrogens with one attached hydrogen (secondary N) is 2. The largest absolute Gasteiger partial charge is 0.390 e. The highest BCUT2D eigenvalue weighted by atomic mass is 16.6. The van der Waals surface area contributed by atoms with Crippen LogP contribution >= 0.6 is 0 Å². The van der Waals surface area contributed by atoms with Gasteiger partial charge in [0.1, 0.15) is 5.69 Å². The SMILES string of the molecule is O=C(NC[C@@H](O)CN1CCc2ccccc2C1)Nc1ccccc1[N+](=O)[O-]. The molecule has 0 unspecified atom stereocenters. The number of carbonyl (C=O) groups is 1. The van der Waals surface area contributed by atoms with Gasteiger partial charge in [0.15, 0.2) is 0 Å². The summed E-state index contributed by atoms with van der Waals surface area (Å²) in [5, 5.41) is 26.2. The molecule has 142 valence electrons. The zero-order valence-corrected chi connectivity index (χ0v) is 14.8. The van der Waals surface area contributed by atoms with Crippen molar-refractivity contribution < 1.29 is 14.8 Å². The van der Waals surface area contributed by atoms with Gasteiger partial charge in [0, 0.05) is 32.2 Å². The molecule has 1 heterocycles. The van der Waals surface area contributed by atoms with Gasteiger partial charge in [-0.25, -0.2) is 4.79 Å². The molecule has 1 aliphatic heterocycles. The monoisotopic (exact) mass is 370 g/mol. The second-order valence-corrected chi connectivity index (χ2v) is 6.52. The van der Waals surface area contributed by atoms with Gasteiger partial charge < -0.3 is 15.7 Å². The third kappa shape index (κ3) is 5.02. The number of benzene rings is 2. The van der Waals surface area contributed by atoms with Crippen LogP contribution in [-0.2, 0) is 13.0 Å². The topological polar surface area (TPSA) is 108 Å². The van der Waals surface area contributed by atoms with Crippen molar-refractivity contribution in [2.24, 2.45) is 0 Å². The van der Waals surface area contributed by atoms with E-state index >= 15 is 0 Å². The van der Waals surface area contributed by atoms with Crippen molar-refractivity contribution in [2.75, 3.05) is 25.0 Å². The number of aliphatic hydroxyl groups excluding tert-OH is 1. The number of anilines is 1. The average Bonchev–Trinajstić information content (AvgIpc) is 2.66. The lowest BCUT2D eigenvalue weighted by Gasteiger charge is -2.30. The van der Waals surface area contributed by atoms with E-state index in [4.69, 9.17) is 0 Å². The molecule has 0 saturated heterocycles. The number of nitrogens with zero attached hydrogens (tertiary/aromatic N) is 2. The molecule has 0 aliphatic carbocycles. The highest BCUT2D eigenvalue weighted by Crippen LogP contribution is 2.23. The molecule has 27 heavy (non-hydrogen) atoms. The van der Waals surface area contributed by atoms with Crippen LogP contribution in [0.25, 0.3) is 0 Å². The van der Waals surface area contributed by atoms with Crippen LogP contribution in [0.1, 0.15) is 11.1 Å². The highest BCUT2D eigenvalue weighted by Gasteiger charge is 2.19. The summed E-state index contributed by atoms with van der Waals surface area (Å²) >= 11 is 0. The molecule has 0 radical (unpaired) electrons. The maximum Gasteiger partial charge on any atom is 0.319 e. The standard InChI is InChI=1S/C19H22N4O4/c24-16(13-22-10-9-14-5-1-2-6-15(14)12-22)11-20-19(25)21-17-7-3-4-8-18(17)23(26)27/h1-8,16,24H,9-13H2,(H2,20,21,25)/t16-/m1/s1. The number of urea groups is 1. The van der Waals surface area contributed by atoms with E-state index in [0.29, 0.717) is 6.54 Å². The van der Waals surface area contributed by atoms with Crippen LogP contribution in [0, 0.1) is 10.1 Å². The van der Waals surface area contributed by atoms with E-state index in [9.17, 15) is 20.0 Å². The summed E-state index contributed by atoms with van der Waals surface area (Å²) in [6, 6.07) is 13.6. The van der Waals surface area contributed by atoms with Crippen LogP contribution in [0.5, 0.6) is 0 Å². The molecule has 2 aromatic rings. The Hall–Kier alpha value is -2.97. The number of hydrogen-bond donors (Lipinski definition) is 3. The Morgan fingerprint density at radius 2 is 1.89 bits per heavy atom. The molecular formula is C19H22N4O4. The summed E-state index contributed by atoms with van der Waals surface area (Å²) in [5.41, 5.74) is 2.53. The van der Waals surface area contributed by atoms with Crippen molar-refractivity contribution in [1.82, 2.24) is 10.2 Å². The zero-order chi connectivity index (χ0) is 19.2. The lowest BCUT2D eigenvalue weighted by atomic mass is 10.00. The van der Waals surface area contributed by atoms with Crippen LogP contribution in [0.2, 0.25) is 0 Å². The minimum atomic E-state index is -0.730. The highest BCUT2D eigenvalue weighted by molar-refractivity contribution is 5.91. The van der Waals surface area contributed by atoms with E-state index in [1.807, 2.05) is 12.1 Å². The Kier molecular flexibility index (Phi) is 6.00. The number of aliphatic hydroxyl groups is 1. The van der Waals surface area contributed by atoms with E-state index in [1.54, 1.807) is 6.07 Å². The first-order valence-electron chi connectivity index (χ1n) is 8.78. The van der Waals surface area contributed by atoms with Gasteiger partial charge in [0.25, 0.3) is 5.69 Å². The average molecular weight is 370 g/mol. The Bertz CT molecular complexity index is 827. The van der Waals surface area contributed by atoms with Gasteiger partial charge >= 0.3 is 6.03 Å². The van der Waals surface area contributed by atoms with Gasteiger partial charge in [-0.2, -0.15) is 0 Å². The Labute approximate surface area is 157 Å². The molecule has 1 atom stereocenters. The molecule has 0 spiro atoms. The van der Waals surface area contributed by atoms with Gasteiger partial charge in [-0.1, -0.05) is 36.4 Å². The molecule has 0 bridgehead atoms. The predicted octanol–water partition coefficient (Wildman–Crippen LogP) is 2.14. The number of carbonyl (C=O) groups excluding carboxylic acids is 1. The molecule has 0 saturated carbocycles. The minimum Gasteiger partial charge on any atom is -0.390 e. The lowest BCUT2D eigenvalue weighted by Crippen LogP contribution is -2.43. The lowest BCUT2D eigenvalue weighted by molar-refractivity contribution is -0.383. The number of rotatable bonds is 6. The summed E-state index contributed by atoms with van der Waals surface area (Å²) < 4.78 is 0. The molecule has 1 aliphatic rings. The van der Waals surface area contributed by atoms with Gasteiger partial charge in [0.2, 0.25) is 0 Å². The number of β-amino-alcohol motifs (C(OH)–C–C–N with tert-alkyl or cyclic N) is 1. The number of nitro benzene ring substituents is 1. The van der Waals surface area contributed by atoms with Crippen molar-refractivity contribution >= 4 is 17.4 Å². The predicted molar refractivity (Wildman–Crippen MR) is 102 cm³/mol. The molecule has 2 aromatic carbocycles. The smallest absolute Gasteiger partial charge is 0.319 e. The van der Waals surface area contributed by atoms with Crippen molar-refractivity contribution in [3.8, 4) is 0 Å². The third-order valence-electron chi connectivity index (χ3n) is 4.53. The molecule has 3 N–H and O–H groups in total. The van der Waals surface area contributed by atoms with Crippen LogP contribution in [0.4, 0.5) is 16.2 Å². The van der Waals surface area contributed by atoms with Gasteiger partial charge in [-0.05, 0) is 23.6 Å². The van der Waals surface area contributed by atoms with E-state index in [-0.39, 0.29) is 17.9 Å². The van der Waals surface area contributed by atoms with Crippen LogP contribution in [0.15, 0.2) is 48.5 Å². The van der Waals surface area contributed by atoms with E-state index in [2.05, 4.69) is 27.7 Å². The second kappa shape index (κ2) is 8.61. The van der Waals surface area contributed by atoms with Crippen LogP contribution in [0.3, 0.4) is 0 Å². The molecule has 0 aromatic heterocycles. The number of hydrogen-bond acceptors (Lipinski definition) is 5. The van der Waals surface area contributed by atoms with Crippen LogP contribution in [-0.4, -0.2) is 46.7 Å². The van der Waals surface area contributed by atoms with E-state index in [0.717, 1.165) is 19.5 Å². The quantitative estimate of drug-likeness (QED) is 0.533. The van der Waals surface area contributed by atoms with Gasteiger partial charge in [0.05, 0.1) is 11.0 Å². The summed E-state index contributed by atoms with van der Waals surface area (Å²) in [4.78, 5) is 24.5. The number of nitro groups is 1. The van der Waals surface area contributed by atoms with Crippen LogP contribution < -0.4 is 10.6 Å². The Balaban J connectivity index is 1.46. The number of para-hydroxylation sites is 2. The van der Waals surface area contributed by atoms with Gasteiger partial charge in [-0.3, -0.25) is 15.0 Å². The fourth-order valence-corrected chi connectivity index (χ4v) is 3.19. The van der Waals surface area contributed by atoms with E-state index < -0.39 is 17.1 Å². The first kappa shape index (κ1) is 18.8. The number of fused-ring (bicyclic) bond motifs is 1. The fraction of sp³-hybridized carbons (Fsp3) is 0.316. The normalized spacial score (nSPS) is 14.9. The van der Waals surface area contributed by atoms with Gasteiger partial charge in [-0.15, -0.1) is 0 Å². The fourth-order valence-electron chi connectivity index (χ4n) is 3.19. The molecule has 2 amide bonds. The van der Waals surface area contributed by atoms with Crippen molar-refractivity contribution in [3.05, 3.63) is 69.8 Å². The minimum absolute atomic E-state index is 0.0601. The van der Waals surface area contributed by atoms with E-state index in [1.165, 1.54) is 29.3 Å². The van der Waals surface area contributed by atoms with Crippen molar-refractivity contribution in [1.29, 1.82) is 0 Å². The summed E-state index contributed by atoms with van der Waals surface area (Å²) in [6.45, 7) is 2.14. The molecular weight excluding hydrogens is 348 g/mol. The third-order valence-corrected chi connectivity index (χ3v) is 4.53.